The van der Waals surface area contributed by atoms with E-state index in [1.165, 1.54) is 6.07 Å². The molecule has 0 bridgehead atoms. The molecule has 0 radical (unpaired) electrons. The molecule has 0 unspecified atom stereocenters. The van der Waals surface area contributed by atoms with Crippen molar-refractivity contribution in [3.05, 3.63) is 99.8 Å². The second kappa shape index (κ2) is 9.19. The second-order valence-electron chi connectivity index (χ2n) is 8.01. The number of aromatic nitrogens is 4. The van der Waals surface area contributed by atoms with Gasteiger partial charge >= 0.3 is 0 Å². The molecule has 0 aliphatic carbocycles. The van der Waals surface area contributed by atoms with Gasteiger partial charge in [0.25, 0.3) is 5.56 Å². The number of aromatic hydroxyl groups is 1. The van der Waals surface area contributed by atoms with E-state index in [0.29, 0.717) is 22.4 Å². The van der Waals surface area contributed by atoms with Crippen LogP contribution in [0.1, 0.15) is 12.8 Å². The van der Waals surface area contributed by atoms with Gasteiger partial charge in [0.1, 0.15) is 11.3 Å². The van der Waals surface area contributed by atoms with Crippen LogP contribution in [0.25, 0.3) is 27.8 Å². The molecule has 6 rings (SSSR count). The Morgan fingerprint density at radius 3 is 2.35 bits per heavy atom. The van der Waals surface area contributed by atoms with Crippen LogP contribution in [0.2, 0.25) is 0 Å². The van der Waals surface area contributed by atoms with Crippen molar-refractivity contribution < 1.29 is 5.11 Å². The van der Waals surface area contributed by atoms with Gasteiger partial charge in [-0.2, -0.15) is 0 Å². The molecule has 0 atom stereocenters. The Kier molecular flexibility index (Phi) is 5.78. The van der Waals surface area contributed by atoms with Crippen molar-refractivity contribution in [1.82, 2.24) is 19.5 Å². The molecule has 0 amide bonds. The number of para-hydroxylation sites is 1. The molecule has 2 N–H and O–H groups in total. The Bertz CT molecular complexity index is 1570. The van der Waals surface area contributed by atoms with E-state index in [0.717, 1.165) is 37.0 Å². The van der Waals surface area contributed by atoms with Crippen molar-refractivity contribution in [1.29, 1.82) is 0 Å². The summed E-state index contributed by atoms with van der Waals surface area (Å²) in [5.41, 5.74) is 1.91. The fraction of sp³-hybridized carbons (Fsp3) is 0.154. The number of hydrogen-bond donors (Lipinski definition) is 2. The lowest BCUT2D eigenvalue weighted by atomic mass is 10.2. The van der Waals surface area contributed by atoms with Crippen molar-refractivity contribution in [3.63, 3.8) is 0 Å². The number of H-pyrrole nitrogens is 1. The van der Waals surface area contributed by atoms with Gasteiger partial charge in [0.15, 0.2) is 11.4 Å². The van der Waals surface area contributed by atoms with Crippen LogP contribution < -0.4 is 16.0 Å². The first-order valence-electron chi connectivity index (χ1n) is 11.1. The van der Waals surface area contributed by atoms with E-state index < -0.39 is 0 Å². The van der Waals surface area contributed by atoms with Gasteiger partial charge in [0, 0.05) is 36.9 Å². The molecule has 8 nitrogen and oxygen atoms in total. The molecule has 1 aromatic carbocycles. The minimum atomic E-state index is -0.221. The van der Waals surface area contributed by atoms with Crippen LogP contribution >= 0.6 is 0 Å². The zero-order valence-corrected chi connectivity index (χ0v) is 18.4. The van der Waals surface area contributed by atoms with Crippen LogP contribution in [-0.2, 0) is 0 Å². The van der Waals surface area contributed by atoms with Crippen molar-refractivity contribution in [2.75, 3.05) is 18.0 Å². The number of nitrogens with zero attached hydrogens (tertiary/aromatic N) is 4. The first-order valence-corrected chi connectivity index (χ1v) is 11.1. The van der Waals surface area contributed by atoms with Gasteiger partial charge < -0.3 is 15.0 Å². The zero-order chi connectivity index (χ0) is 23.5. The highest BCUT2D eigenvalue weighted by Crippen LogP contribution is 2.33. The van der Waals surface area contributed by atoms with E-state index in [1.54, 1.807) is 35.2 Å². The molecule has 0 spiro atoms. The maximum absolute atomic E-state index is 13.1. The van der Waals surface area contributed by atoms with Gasteiger partial charge in [0.2, 0.25) is 5.56 Å². The van der Waals surface area contributed by atoms with Gasteiger partial charge in [0.05, 0.1) is 11.1 Å². The molecule has 0 saturated carbocycles. The van der Waals surface area contributed by atoms with E-state index in [-0.39, 0.29) is 16.9 Å². The van der Waals surface area contributed by atoms with Gasteiger partial charge in [-0.1, -0.05) is 18.2 Å². The van der Waals surface area contributed by atoms with E-state index in [9.17, 15) is 14.7 Å². The minimum absolute atomic E-state index is 0.0344. The number of benzene rings is 1. The molecule has 1 aliphatic rings. The van der Waals surface area contributed by atoms with Crippen LogP contribution in [0.3, 0.4) is 0 Å². The topological polar surface area (TPSA) is 104 Å². The van der Waals surface area contributed by atoms with E-state index in [1.807, 2.05) is 47.4 Å². The Morgan fingerprint density at radius 1 is 0.824 bits per heavy atom. The van der Waals surface area contributed by atoms with Crippen LogP contribution in [0.15, 0.2) is 88.7 Å². The summed E-state index contributed by atoms with van der Waals surface area (Å²) >= 11 is 0. The average Bonchev–Trinajstić information content (AvgIpc) is 3.40. The normalized spacial score (nSPS) is 13.1. The van der Waals surface area contributed by atoms with Gasteiger partial charge in [-0.15, -0.1) is 0 Å². The highest BCUT2D eigenvalue weighted by atomic mass is 16.3. The maximum Gasteiger partial charge on any atom is 0.284 e. The fourth-order valence-electron chi connectivity index (χ4n) is 4.21. The first kappa shape index (κ1) is 21.4. The molecule has 4 aromatic heterocycles. The predicted octanol–water partition coefficient (Wildman–Crippen LogP) is 3.61. The maximum atomic E-state index is 13.1. The zero-order valence-electron chi connectivity index (χ0n) is 18.4. The SMILES string of the molecule is O=c1c(N2CCCC2)c(O)c2cccnc2n1-c1ccccc1.O=c1ccc2cccnc2[nH]1. The Labute approximate surface area is 194 Å². The molecule has 5 heterocycles. The molecular weight excluding hydrogens is 430 g/mol. The third-order valence-electron chi connectivity index (χ3n) is 5.82. The number of aromatic amines is 1. The Morgan fingerprint density at radius 2 is 1.56 bits per heavy atom. The summed E-state index contributed by atoms with van der Waals surface area (Å²) in [5, 5.41) is 12.2. The number of pyridine rings is 4. The first-order chi connectivity index (χ1) is 16.6. The second-order valence-corrected chi connectivity index (χ2v) is 8.01. The minimum Gasteiger partial charge on any atom is -0.505 e. The molecule has 1 fully saturated rings. The highest BCUT2D eigenvalue weighted by molar-refractivity contribution is 5.89. The van der Waals surface area contributed by atoms with E-state index in [2.05, 4.69) is 15.0 Å². The Hall–Kier alpha value is -4.46. The number of fused-ring (bicyclic) bond motifs is 2. The summed E-state index contributed by atoms with van der Waals surface area (Å²) in [6.07, 6.45) is 5.36. The van der Waals surface area contributed by atoms with Crippen LogP contribution in [0.4, 0.5) is 5.69 Å². The number of nitrogens with one attached hydrogen (secondary N) is 1. The third-order valence-corrected chi connectivity index (χ3v) is 5.82. The largest absolute Gasteiger partial charge is 0.505 e. The summed E-state index contributed by atoms with van der Waals surface area (Å²) in [5.74, 6) is 0.0344. The summed E-state index contributed by atoms with van der Waals surface area (Å²) < 4.78 is 1.59. The van der Waals surface area contributed by atoms with Crippen LogP contribution in [-0.4, -0.2) is 37.7 Å². The predicted molar refractivity (Wildman–Crippen MR) is 133 cm³/mol. The smallest absolute Gasteiger partial charge is 0.284 e. The molecule has 8 heteroatoms. The number of hydrogen-bond acceptors (Lipinski definition) is 6. The monoisotopic (exact) mass is 453 g/mol. The van der Waals surface area contributed by atoms with E-state index >= 15 is 0 Å². The summed E-state index contributed by atoms with van der Waals surface area (Å²) in [6.45, 7) is 1.59. The van der Waals surface area contributed by atoms with Crippen molar-refractivity contribution in [2.24, 2.45) is 0 Å². The third kappa shape index (κ3) is 4.01. The molecular formula is C26H23N5O3. The standard InChI is InChI=1S/C18H17N3O2.C8H6N2O/c22-16-14-9-6-10-19-17(14)21(13-7-2-1-3-8-13)18(23)15(16)20-11-4-5-12-20;11-7-4-3-6-2-1-5-9-8(6)10-7/h1-3,6-10,22H,4-5,11-12H2;1-5H,(H,9,10,11). The van der Waals surface area contributed by atoms with Gasteiger partial charge in [-0.3, -0.25) is 14.2 Å². The molecule has 170 valence electrons. The van der Waals surface area contributed by atoms with Crippen LogP contribution in [0.5, 0.6) is 5.75 Å². The van der Waals surface area contributed by atoms with Crippen molar-refractivity contribution in [3.8, 4) is 11.4 Å². The van der Waals surface area contributed by atoms with Crippen LogP contribution in [0, 0.1) is 0 Å². The lowest BCUT2D eigenvalue weighted by Gasteiger charge is -2.21. The Balaban J connectivity index is 0.000000183. The summed E-state index contributed by atoms with van der Waals surface area (Å²) in [7, 11) is 0. The lowest BCUT2D eigenvalue weighted by Crippen LogP contribution is -2.30. The number of rotatable bonds is 2. The molecule has 1 aliphatic heterocycles. The van der Waals surface area contributed by atoms with Crippen molar-refractivity contribution >= 4 is 27.8 Å². The summed E-state index contributed by atoms with van der Waals surface area (Å²) in [4.78, 5) is 36.8. The molecule has 1 saturated heterocycles. The quantitative estimate of drug-likeness (QED) is 0.423. The molecule has 5 aromatic rings. The average molecular weight is 454 g/mol. The van der Waals surface area contributed by atoms with E-state index in [4.69, 9.17) is 0 Å². The van der Waals surface area contributed by atoms with Gasteiger partial charge in [-0.05, 0) is 55.3 Å². The van der Waals surface area contributed by atoms with Crippen molar-refractivity contribution in [2.45, 2.75) is 12.8 Å². The number of anilines is 1. The highest BCUT2D eigenvalue weighted by Gasteiger charge is 2.24. The summed E-state index contributed by atoms with van der Waals surface area (Å²) in [6, 6.07) is 20.0. The fourth-order valence-corrected chi connectivity index (χ4v) is 4.21. The van der Waals surface area contributed by atoms with Gasteiger partial charge in [-0.25, -0.2) is 9.97 Å². The lowest BCUT2D eigenvalue weighted by molar-refractivity contribution is 0.479. The molecule has 34 heavy (non-hydrogen) atoms.